The molecule has 0 atom stereocenters. The van der Waals surface area contributed by atoms with Gasteiger partial charge in [0.2, 0.25) is 0 Å². The van der Waals surface area contributed by atoms with Gasteiger partial charge in [-0.2, -0.15) is 13.2 Å². The molecule has 110 valence electrons. The minimum absolute atomic E-state index is 0.141. The highest BCUT2D eigenvalue weighted by atomic mass is 19.4. The van der Waals surface area contributed by atoms with E-state index in [2.05, 4.69) is 10.2 Å². The molecule has 0 radical (unpaired) electrons. The molecular weight excluding hydrogens is 283 g/mol. The van der Waals surface area contributed by atoms with Gasteiger partial charge in [-0.05, 0) is 24.3 Å². The van der Waals surface area contributed by atoms with Crippen LogP contribution in [0.2, 0.25) is 0 Å². The molecule has 1 aromatic heterocycles. The second kappa shape index (κ2) is 5.39. The number of nitrogen functional groups attached to an aromatic ring is 1. The predicted octanol–water partition coefficient (Wildman–Crippen LogP) is 2.55. The van der Waals surface area contributed by atoms with Gasteiger partial charge in [-0.25, -0.2) is 0 Å². The molecule has 0 saturated carbocycles. The highest BCUT2D eigenvalue weighted by Gasteiger charge is 2.33. The molecule has 0 amide bonds. The normalized spacial score (nSPS) is 11.2. The van der Waals surface area contributed by atoms with Gasteiger partial charge in [0.25, 0.3) is 0 Å². The minimum atomic E-state index is -4.53. The van der Waals surface area contributed by atoms with E-state index in [0.717, 1.165) is 6.07 Å². The number of amidine groups is 1. The SMILES string of the molecule is CN(c1ccc(C(F)(F)F)nn1)c1ccccc1C(=N)N. The Morgan fingerprint density at radius 2 is 1.81 bits per heavy atom. The van der Waals surface area contributed by atoms with Crippen LogP contribution in [0.5, 0.6) is 0 Å². The van der Waals surface area contributed by atoms with Crippen molar-refractivity contribution in [1.82, 2.24) is 10.2 Å². The molecule has 21 heavy (non-hydrogen) atoms. The number of rotatable bonds is 3. The van der Waals surface area contributed by atoms with E-state index < -0.39 is 11.9 Å². The van der Waals surface area contributed by atoms with E-state index in [-0.39, 0.29) is 11.7 Å². The lowest BCUT2D eigenvalue weighted by atomic mass is 10.1. The molecule has 2 aromatic rings. The number of halogens is 3. The van der Waals surface area contributed by atoms with E-state index in [9.17, 15) is 13.2 Å². The lowest BCUT2D eigenvalue weighted by Gasteiger charge is -2.20. The molecule has 1 aromatic carbocycles. The quantitative estimate of drug-likeness (QED) is 0.673. The fraction of sp³-hybridized carbons (Fsp3) is 0.154. The molecule has 0 saturated heterocycles. The summed E-state index contributed by atoms with van der Waals surface area (Å²) in [6.45, 7) is 0. The van der Waals surface area contributed by atoms with Crippen LogP contribution in [0.15, 0.2) is 36.4 Å². The van der Waals surface area contributed by atoms with Crippen molar-refractivity contribution in [3.05, 3.63) is 47.7 Å². The van der Waals surface area contributed by atoms with Crippen LogP contribution < -0.4 is 10.6 Å². The summed E-state index contributed by atoms with van der Waals surface area (Å²) < 4.78 is 37.4. The third-order valence-electron chi connectivity index (χ3n) is 2.84. The van der Waals surface area contributed by atoms with Crippen LogP contribution >= 0.6 is 0 Å². The molecule has 0 unspecified atom stereocenters. The van der Waals surface area contributed by atoms with Gasteiger partial charge in [0.15, 0.2) is 11.5 Å². The molecular formula is C13H12F3N5. The van der Waals surface area contributed by atoms with Gasteiger partial charge in [0, 0.05) is 12.6 Å². The van der Waals surface area contributed by atoms with E-state index in [4.69, 9.17) is 11.1 Å². The maximum absolute atomic E-state index is 12.5. The first-order valence-electron chi connectivity index (χ1n) is 5.89. The Kier molecular flexibility index (Phi) is 3.79. The van der Waals surface area contributed by atoms with Crippen LogP contribution in [0.25, 0.3) is 0 Å². The van der Waals surface area contributed by atoms with Gasteiger partial charge in [0.05, 0.1) is 5.69 Å². The van der Waals surface area contributed by atoms with E-state index >= 15 is 0 Å². The number of benzene rings is 1. The molecule has 3 N–H and O–H groups in total. The van der Waals surface area contributed by atoms with Gasteiger partial charge in [-0.15, -0.1) is 10.2 Å². The molecule has 0 aliphatic rings. The number of hydrogen-bond acceptors (Lipinski definition) is 4. The van der Waals surface area contributed by atoms with Crippen molar-refractivity contribution in [1.29, 1.82) is 5.41 Å². The van der Waals surface area contributed by atoms with Crippen LogP contribution in [0, 0.1) is 5.41 Å². The van der Waals surface area contributed by atoms with Crippen LogP contribution in [0.4, 0.5) is 24.7 Å². The van der Waals surface area contributed by atoms with Crippen molar-refractivity contribution in [3.63, 3.8) is 0 Å². The summed E-state index contributed by atoms with van der Waals surface area (Å²) >= 11 is 0. The van der Waals surface area contributed by atoms with E-state index in [1.165, 1.54) is 11.0 Å². The lowest BCUT2D eigenvalue weighted by molar-refractivity contribution is -0.141. The van der Waals surface area contributed by atoms with E-state index in [0.29, 0.717) is 11.3 Å². The van der Waals surface area contributed by atoms with Gasteiger partial charge in [0.1, 0.15) is 5.84 Å². The van der Waals surface area contributed by atoms with Crippen LogP contribution in [0.1, 0.15) is 11.3 Å². The van der Waals surface area contributed by atoms with Crippen LogP contribution in [-0.4, -0.2) is 23.1 Å². The number of nitrogens with zero attached hydrogens (tertiary/aromatic N) is 3. The standard InChI is InChI=1S/C13H12F3N5/c1-21(9-5-3-2-4-8(9)12(17)18)11-7-6-10(19-20-11)13(14,15)16/h2-7H,1H3,(H3,17,18). The number of nitrogens with one attached hydrogen (secondary N) is 1. The van der Waals surface area contributed by atoms with Gasteiger partial charge in [-0.1, -0.05) is 12.1 Å². The van der Waals surface area contributed by atoms with Crippen LogP contribution in [-0.2, 0) is 6.18 Å². The molecule has 1 heterocycles. The molecule has 0 aliphatic carbocycles. The Balaban J connectivity index is 2.37. The lowest BCUT2D eigenvalue weighted by Crippen LogP contribution is -2.20. The first-order valence-corrected chi connectivity index (χ1v) is 5.89. The molecule has 0 aliphatic heterocycles. The minimum Gasteiger partial charge on any atom is -0.384 e. The van der Waals surface area contributed by atoms with Gasteiger partial charge >= 0.3 is 6.18 Å². The first-order chi connectivity index (χ1) is 9.80. The highest BCUT2D eigenvalue weighted by molar-refractivity contribution is 6.01. The number of aromatic nitrogens is 2. The van der Waals surface area contributed by atoms with Crippen molar-refractivity contribution >= 4 is 17.3 Å². The number of nitrogens with two attached hydrogens (primary N) is 1. The second-order valence-electron chi connectivity index (χ2n) is 4.26. The van der Waals surface area contributed by atoms with Crippen molar-refractivity contribution < 1.29 is 13.2 Å². The van der Waals surface area contributed by atoms with Crippen molar-refractivity contribution in [2.24, 2.45) is 5.73 Å². The summed E-state index contributed by atoms with van der Waals surface area (Å²) in [6, 6.07) is 8.85. The second-order valence-corrected chi connectivity index (χ2v) is 4.26. The van der Waals surface area contributed by atoms with E-state index in [1.54, 1.807) is 31.3 Å². The summed E-state index contributed by atoms with van der Waals surface area (Å²) in [4.78, 5) is 1.52. The number of para-hydroxylation sites is 1. The molecule has 8 heteroatoms. The Bertz CT molecular complexity index is 652. The van der Waals surface area contributed by atoms with Crippen molar-refractivity contribution in [2.75, 3.05) is 11.9 Å². The zero-order chi connectivity index (χ0) is 15.6. The Morgan fingerprint density at radius 1 is 1.14 bits per heavy atom. The summed E-state index contributed by atoms with van der Waals surface area (Å²) in [6.07, 6.45) is -4.53. The molecule has 0 spiro atoms. The monoisotopic (exact) mass is 295 g/mol. The Morgan fingerprint density at radius 3 is 2.33 bits per heavy atom. The molecule has 0 bridgehead atoms. The third kappa shape index (κ3) is 3.10. The summed E-state index contributed by atoms with van der Waals surface area (Å²) in [5.41, 5.74) is 5.44. The average molecular weight is 295 g/mol. The fourth-order valence-corrected chi connectivity index (χ4v) is 1.77. The fourth-order valence-electron chi connectivity index (χ4n) is 1.77. The zero-order valence-electron chi connectivity index (χ0n) is 11.0. The van der Waals surface area contributed by atoms with Crippen LogP contribution in [0.3, 0.4) is 0 Å². The predicted molar refractivity (Wildman–Crippen MR) is 72.6 cm³/mol. The van der Waals surface area contributed by atoms with Gasteiger partial charge < -0.3 is 10.6 Å². The molecule has 0 fully saturated rings. The van der Waals surface area contributed by atoms with E-state index in [1.807, 2.05) is 0 Å². The number of hydrogen-bond donors (Lipinski definition) is 2. The summed E-state index contributed by atoms with van der Waals surface area (Å²) in [7, 11) is 1.61. The Labute approximate surface area is 118 Å². The topological polar surface area (TPSA) is 78.9 Å². The number of alkyl halides is 3. The maximum Gasteiger partial charge on any atom is 0.435 e. The Hall–Kier alpha value is -2.64. The van der Waals surface area contributed by atoms with Crippen molar-refractivity contribution in [3.8, 4) is 0 Å². The van der Waals surface area contributed by atoms with Gasteiger partial charge in [-0.3, -0.25) is 5.41 Å². The first kappa shape index (κ1) is 14.8. The van der Waals surface area contributed by atoms with Crippen molar-refractivity contribution in [2.45, 2.75) is 6.18 Å². The molecule has 2 rings (SSSR count). The summed E-state index contributed by atoms with van der Waals surface area (Å²) in [5, 5.41) is 14.3. The summed E-state index contributed by atoms with van der Waals surface area (Å²) in [5.74, 6) is 0.0778. The number of anilines is 2. The average Bonchev–Trinajstić information content (AvgIpc) is 2.45. The third-order valence-corrected chi connectivity index (χ3v) is 2.84. The maximum atomic E-state index is 12.5. The molecule has 5 nitrogen and oxygen atoms in total. The highest BCUT2D eigenvalue weighted by Crippen LogP contribution is 2.29. The largest absolute Gasteiger partial charge is 0.435 e. The smallest absolute Gasteiger partial charge is 0.384 e. The zero-order valence-corrected chi connectivity index (χ0v) is 11.0.